The monoisotopic (exact) mass is 1580 g/mol. The van der Waals surface area contributed by atoms with Crippen molar-refractivity contribution in [2.45, 2.75) is 234 Å². The third kappa shape index (κ3) is 34.2. The minimum atomic E-state index is -1.88. The number of unbranched alkanes of at least 4 members (excludes halogenated alkanes) is 1. The number of likely N-dealkylation sites (tertiary alicyclic amines) is 1. The van der Waals surface area contributed by atoms with E-state index in [-0.39, 0.29) is 70.1 Å². The summed E-state index contributed by atoms with van der Waals surface area (Å²) in [6, 6.07) is -4.64. The van der Waals surface area contributed by atoms with E-state index < -0.39 is 270 Å². The highest BCUT2D eigenvalue weighted by Crippen LogP contribution is 2.25. The van der Waals surface area contributed by atoms with E-state index in [1.807, 2.05) is 19.2 Å². The average molecular weight is 1580 g/mol. The number of benzene rings is 1. The Balaban J connectivity index is 1.83. The molecule has 0 spiro atoms. The molecule has 0 bridgehead atoms. The number of carboxylic acid groups (broad SMARTS) is 3. The number of carbonyl (C=O) groups excluding carboxylic acids is 13. The molecule has 0 radical (unpaired) electrons. The maximum absolute atomic E-state index is 14.5. The molecule has 27 N–H and O–H groups in total. The molecule has 42 nitrogen and oxygen atoms in total. The Hall–Kier alpha value is -9.66. The Bertz CT molecular complexity index is 3290. The second-order valence-corrected chi connectivity index (χ2v) is 27.4. The first-order valence-electron chi connectivity index (χ1n) is 36.7. The lowest BCUT2D eigenvalue weighted by Crippen LogP contribution is -2.60. The van der Waals surface area contributed by atoms with E-state index in [9.17, 15) is 118 Å². The van der Waals surface area contributed by atoms with Crippen molar-refractivity contribution in [1.82, 2.24) is 63.4 Å². The van der Waals surface area contributed by atoms with E-state index in [0.29, 0.717) is 24.8 Å². The van der Waals surface area contributed by atoms with Crippen molar-refractivity contribution in [3.8, 4) is 0 Å². The number of nitrogens with two attached hydrogens (primary N) is 4. The van der Waals surface area contributed by atoms with Gasteiger partial charge in [-0.2, -0.15) is 0 Å². The van der Waals surface area contributed by atoms with Crippen LogP contribution in [0.5, 0.6) is 0 Å². The lowest BCUT2D eigenvalue weighted by molar-refractivity contribution is -0.310. The molecule has 111 heavy (non-hydrogen) atoms. The van der Waals surface area contributed by atoms with Crippen molar-refractivity contribution in [3.05, 3.63) is 35.9 Å². The molecule has 2 aliphatic heterocycles. The Labute approximate surface area is 640 Å². The predicted octanol–water partition coefficient (Wildman–Crippen LogP) is -8.62. The van der Waals surface area contributed by atoms with Crippen molar-refractivity contribution in [2.75, 3.05) is 52.4 Å². The SMILES string of the molecule is CC[C@H](C)[C@H](N)CC[C@@H](C)C(=O)NCC(=O)N[C@@H](Cc1ccccc1)C(=O)N[C@@H](CC[C@H](CN)O[C@@H]1O[C@H](CO)[C@H](O)[C@H](O)[C@H]1O)C(=O)NCC(=O)N[C@@H](CCC(=O)O)C(=O)N[C@@H](CCC(N)=O)C(=O)NCC(=O)N1CCC[C@H]1C(=O)N[C@@H](CCCCN)C(=O)NCC(=O)N[C@@H](CCC(=O)O)C(=O)N[C@H](C(=O)O)[C@@H](C)O. The Morgan fingerprint density at radius 3 is 1.57 bits per heavy atom. The molecule has 0 saturated carbocycles. The van der Waals surface area contributed by atoms with Gasteiger partial charge in [0.1, 0.15) is 66.7 Å². The lowest BCUT2D eigenvalue weighted by Gasteiger charge is -2.40. The zero-order valence-corrected chi connectivity index (χ0v) is 62.6. The minimum Gasteiger partial charge on any atom is -0.481 e. The van der Waals surface area contributed by atoms with Gasteiger partial charge >= 0.3 is 17.9 Å². The highest BCUT2D eigenvalue weighted by atomic mass is 16.7. The highest BCUT2D eigenvalue weighted by Gasteiger charge is 2.45. The molecule has 1 aromatic carbocycles. The maximum atomic E-state index is 14.5. The maximum Gasteiger partial charge on any atom is 0.328 e. The standard InChI is InChI=1S/C69H112N16O26/c1-5-35(2)40(72)18-16-36(3)60(100)74-30-52(91)80-46(28-38-12-7-6-8-13-38)66(106)82-42(19-17-39(29-71)110-69-59(99)58(98)57(97)48(34-86)111-69)62(102)76-32-50(89)78-44(21-24-54(93)94)64(104)81-43(20-23-49(73)88)63(103)77-33-53(92)85-27-11-15-47(85)67(107)83-41(14-9-10-26-70)61(101)75-31-51(90)79-45(22-25-55(95)96)65(105)84-56(37(4)87)68(108)109/h6-8,12-13,35-37,39-48,56-59,69,86-87,97-99H,5,9-11,14-34,70-72H2,1-4H3,(H2,73,88)(H,74,100)(H,75,101)(H,76,102)(H,77,103)(H,78,89)(H,79,90)(H,80,91)(H,81,104)(H,82,106)(H,83,107)(H,84,105)(H,93,94)(H,95,96)(H,108,109)/t35-,36+,37+,39+,40+,41-,42-,43-,44-,45-,46-,47-,48+,56-,57-,58-,59+,69+/m0/s1. The summed E-state index contributed by atoms with van der Waals surface area (Å²) in [6.45, 7) is 2.40. The molecule has 2 heterocycles. The zero-order valence-electron chi connectivity index (χ0n) is 62.6. The van der Waals surface area contributed by atoms with E-state index in [2.05, 4.69) is 53.2 Å². The number of ether oxygens (including phenoxy) is 2. The Kier molecular flexibility index (Phi) is 42.7. The second-order valence-electron chi connectivity index (χ2n) is 27.4. The number of aliphatic hydroxyl groups excluding tert-OH is 5. The van der Waals surface area contributed by atoms with Crippen LogP contribution in [0.1, 0.15) is 136 Å². The summed E-state index contributed by atoms with van der Waals surface area (Å²) in [7, 11) is 0. The second kappa shape index (κ2) is 49.6. The van der Waals surface area contributed by atoms with Gasteiger partial charge in [-0.05, 0) is 102 Å². The molecule has 1 aromatic rings. The third-order valence-electron chi connectivity index (χ3n) is 18.6. The fraction of sp³-hybridized carbons (Fsp3) is 0.681. The highest BCUT2D eigenvalue weighted by molar-refractivity contribution is 5.98. The van der Waals surface area contributed by atoms with Crippen molar-refractivity contribution in [2.24, 2.45) is 34.8 Å². The van der Waals surface area contributed by atoms with Gasteiger partial charge < -0.3 is 137 Å². The molecule has 42 heteroatoms. The molecular formula is C69H112N16O26. The average Bonchev–Trinajstić information content (AvgIpc) is 1.55. The van der Waals surface area contributed by atoms with Gasteiger partial charge in [-0.15, -0.1) is 0 Å². The van der Waals surface area contributed by atoms with Crippen LogP contribution in [-0.4, -0.2) is 290 Å². The van der Waals surface area contributed by atoms with E-state index >= 15 is 0 Å². The summed E-state index contributed by atoms with van der Waals surface area (Å²) in [5.74, 6) is -17.5. The number of carboxylic acids is 3. The molecule has 2 fully saturated rings. The van der Waals surface area contributed by atoms with Crippen LogP contribution < -0.4 is 81.4 Å². The van der Waals surface area contributed by atoms with Crippen LogP contribution in [-0.2, 0) is 92.6 Å². The van der Waals surface area contributed by atoms with Gasteiger partial charge in [0, 0.05) is 50.7 Å². The summed E-state index contributed by atoms with van der Waals surface area (Å²) < 4.78 is 11.3. The molecular weight excluding hydrogens is 1470 g/mol. The Morgan fingerprint density at radius 1 is 0.568 bits per heavy atom. The van der Waals surface area contributed by atoms with Crippen LogP contribution in [0.4, 0.5) is 0 Å². The fourth-order valence-electron chi connectivity index (χ4n) is 11.7. The fourth-order valence-corrected chi connectivity index (χ4v) is 11.7. The number of primary amides is 1. The molecule has 18 atom stereocenters. The van der Waals surface area contributed by atoms with Gasteiger partial charge in [-0.3, -0.25) is 71.9 Å². The first-order chi connectivity index (χ1) is 52.4. The van der Waals surface area contributed by atoms with Crippen LogP contribution >= 0.6 is 0 Å². The van der Waals surface area contributed by atoms with Crippen LogP contribution in [0.15, 0.2) is 30.3 Å². The van der Waals surface area contributed by atoms with Crippen molar-refractivity contribution in [1.29, 1.82) is 0 Å². The smallest absolute Gasteiger partial charge is 0.328 e. The minimum absolute atomic E-state index is 0.0441. The number of carbonyl (C=O) groups is 16. The molecule has 624 valence electrons. The Morgan fingerprint density at radius 2 is 1.06 bits per heavy atom. The van der Waals surface area contributed by atoms with Gasteiger partial charge in [0.25, 0.3) is 0 Å². The molecule has 0 aliphatic carbocycles. The van der Waals surface area contributed by atoms with Crippen molar-refractivity contribution >= 4 is 94.7 Å². The summed E-state index contributed by atoms with van der Waals surface area (Å²) in [6.07, 6.45) is -13.3. The number of nitrogens with zero attached hydrogens (tertiary/aromatic N) is 1. The van der Waals surface area contributed by atoms with Gasteiger partial charge in [-0.1, -0.05) is 57.5 Å². The number of nitrogens with one attached hydrogen (secondary N) is 11. The van der Waals surface area contributed by atoms with E-state index in [4.69, 9.17) is 32.4 Å². The number of aliphatic hydroxyl groups is 5. The van der Waals surface area contributed by atoms with Crippen LogP contribution in [0.3, 0.4) is 0 Å². The quantitative estimate of drug-likeness (QED) is 0.0269. The van der Waals surface area contributed by atoms with Gasteiger partial charge in [0.15, 0.2) is 12.3 Å². The molecule has 3 rings (SSSR count). The number of rotatable bonds is 52. The molecule has 0 unspecified atom stereocenters. The van der Waals surface area contributed by atoms with E-state index in [0.717, 1.165) is 18.2 Å². The summed E-state index contributed by atoms with van der Waals surface area (Å²) >= 11 is 0. The van der Waals surface area contributed by atoms with Crippen molar-refractivity contribution in [3.63, 3.8) is 0 Å². The van der Waals surface area contributed by atoms with E-state index in [1.165, 1.54) is 0 Å². The molecule has 2 aliphatic rings. The van der Waals surface area contributed by atoms with Crippen LogP contribution in [0.25, 0.3) is 0 Å². The van der Waals surface area contributed by atoms with Gasteiger partial charge in [0.2, 0.25) is 76.8 Å². The molecule has 2 saturated heterocycles. The summed E-state index contributed by atoms with van der Waals surface area (Å²) in [5.41, 5.74) is 23.9. The zero-order chi connectivity index (χ0) is 83.2. The number of aliphatic carboxylic acids is 3. The summed E-state index contributed by atoms with van der Waals surface area (Å²) in [5, 5.41) is 105. The topological polar surface area (TPSA) is 693 Å². The van der Waals surface area contributed by atoms with Crippen LogP contribution in [0.2, 0.25) is 0 Å². The first-order valence-corrected chi connectivity index (χ1v) is 36.7. The lowest BCUT2D eigenvalue weighted by atomic mass is 9.92. The first kappa shape index (κ1) is 95.5. The normalized spacial score (nSPS) is 19.9. The van der Waals surface area contributed by atoms with Gasteiger partial charge in [-0.25, -0.2) is 4.79 Å². The van der Waals surface area contributed by atoms with E-state index in [1.54, 1.807) is 37.3 Å². The van der Waals surface area contributed by atoms with Crippen LogP contribution in [0, 0.1) is 11.8 Å². The predicted molar refractivity (Wildman–Crippen MR) is 388 cm³/mol. The largest absolute Gasteiger partial charge is 0.481 e. The van der Waals surface area contributed by atoms with Crippen molar-refractivity contribution < 1.29 is 127 Å². The third-order valence-corrected chi connectivity index (χ3v) is 18.6. The number of amides is 13. The number of hydrogen-bond donors (Lipinski definition) is 23. The summed E-state index contributed by atoms with van der Waals surface area (Å²) in [4.78, 5) is 213. The van der Waals surface area contributed by atoms with Gasteiger partial charge in [0.05, 0.1) is 45.0 Å². The molecule has 13 amide bonds. The number of hydrogen-bond acceptors (Lipinski definition) is 26. The molecule has 0 aromatic heterocycles.